The summed E-state index contributed by atoms with van der Waals surface area (Å²) in [6, 6.07) is 1.23. The van der Waals surface area contributed by atoms with Crippen LogP contribution in [0.4, 0.5) is 0 Å². The van der Waals surface area contributed by atoms with E-state index in [1.54, 1.807) is 0 Å². The van der Waals surface area contributed by atoms with E-state index in [1.165, 1.54) is 19.3 Å². The van der Waals surface area contributed by atoms with E-state index < -0.39 is 0 Å². The zero-order valence-corrected chi connectivity index (χ0v) is 11.1. The van der Waals surface area contributed by atoms with Crippen LogP contribution >= 0.6 is 12.6 Å². The summed E-state index contributed by atoms with van der Waals surface area (Å²) in [6.45, 7) is 4.26. The minimum atomic E-state index is 0.455. The topological polar surface area (TPSA) is 27.3 Å². The van der Waals surface area contributed by atoms with Gasteiger partial charge in [0, 0.05) is 30.5 Å². The highest BCUT2D eigenvalue weighted by Gasteiger charge is 2.28. The monoisotopic (exact) mass is 231 g/mol. The number of hydrogen-bond acceptors (Lipinski definition) is 4. The number of hydrogen-bond donors (Lipinski definition) is 3. The van der Waals surface area contributed by atoms with Crippen LogP contribution in [0.3, 0.4) is 0 Å². The number of rotatable bonds is 5. The Bertz CT molecular complexity index is 167. The molecule has 1 aliphatic heterocycles. The van der Waals surface area contributed by atoms with Gasteiger partial charge in [0.2, 0.25) is 0 Å². The van der Waals surface area contributed by atoms with Gasteiger partial charge in [-0.25, -0.2) is 0 Å². The van der Waals surface area contributed by atoms with Crippen molar-refractivity contribution in [3.05, 3.63) is 0 Å². The maximum atomic E-state index is 4.67. The molecule has 1 rings (SSSR count). The second-order valence-electron chi connectivity index (χ2n) is 4.51. The molecule has 3 unspecified atom stereocenters. The molecule has 0 bridgehead atoms. The van der Waals surface area contributed by atoms with Crippen LogP contribution < -0.4 is 10.6 Å². The second kappa shape index (κ2) is 6.74. The van der Waals surface area contributed by atoms with Crippen molar-refractivity contribution in [2.24, 2.45) is 0 Å². The van der Waals surface area contributed by atoms with E-state index in [4.69, 9.17) is 0 Å². The van der Waals surface area contributed by atoms with Gasteiger partial charge in [0.25, 0.3) is 0 Å². The molecule has 1 aliphatic rings. The maximum absolute atomic E-state index is 4.67. The Morgan fingerprint density at radius 3 is 2.87 bits per heavy atom. The first-order valence-electron chi connectivity index (χ1n) is 5.95. The first-order valence-corrected chi connectivity index (χ1v) is 6.47. The van der Waals surface area contributed by atoms with Crippen molar-refractivity contribution >= 4 is 12.6 Å². The van der Waals surface area contributed by atoms with Gasteiger partial charge in [-0.15, -0.1) is 0 Å². The molecule has 1 heterocycles. The summed E-state index contributed by atoms with van der Waals surface area (Å²) in [5.41, 5.74) is 0. The number of nitrogens with zero attached hydrogens (tertiary/aromatic N) is 1. The maximum Gasteiger partial charge on any atom is 0.0481 e. The van der Waals surface area contributed by atoms with Gasteiger partial charge in [-0.3, -0.25) is 4.90 Å². The first-order chi connectivity index (χ1) is 7.19. The van der Waals surface area contributed by atoms with Gasteiger partial charge in [-0.2, -0.15) is 12.6 Å². The lowest BCUT2D eigenvalue weighted by atomic mass is 9.98. The van der Waals surface area contributed by atoms with Crippen LogP contribution in [0.1, 0.15) is 26.2 Å². The molecule has 3 nitrogen and oxygen atoms in total. The van der Waals surface area contributed by atoms with E-state index in [0.29, 0.717) is 17.3 Å². The molecule has 0 spiro atoms. The highest BCUT2D eigenvalue weighted by atomic mass is 32.1. The molecule has 0 aliphatic carbocycles. The van der Waals surface area contributed by atoms with Crippen molar-refractivity contribution in [3.63, 3.8) is 0 Å². The Hall–Kier alpha value is 0.230. The van der Waals surface area contributed by atoms with E-state index in [0.717, 1.165) is 13.2 Å². The van der Waals surface area contributed by atoms with Crippen LogP contribution in [-0.4, -0.2) is 49.5 Å². The van der Waals surface area contributed by atoms with Gasteiger partial charge in [0.15, 0.2) is 0 Å². The summed E-state index contributed by atoms with van der Waals surface area (Å²) in [4.78, 5) is 2.38. The largest absolute Gasteiger partial charge is 0.317 e. The Balaban J connectivity index is 2.45. The lowest BCUT2D eigenvalue weighted by Crippen LogP contribution is -2.55. The highest BCUT2D eigenvalue weighted by molar-refractivity contribution is 7.81. The molecule has 90 valence electrons. The summed E-state index contributed by atoms with van der Waals surface area (Å²) in [7, 11) is 4.24. The van der Waals surface area contributed by atoms with Crippen molar-refractivity contribution in [3.8, 4) is 0 Å². The third kappa shape index (κ3) is 3.94. The number of thiol groups is 1. The summed E-state index contributed by atoms with van der Waals surface area (Å²) >= 11 is 4.67. The summed E-state index contributed by atoms with van der Waals surface area (Å²) in [5, 5.41) is 7.23. The van der Waals surface area contributed by atoms with E-state index in [9.17, 15) is 0 Å². The molecular weight excluding hydrogens is 206 g/mol. The Labute approximate surface area is 99.4 Å². The lowest BCUT2D eigenvalue weighted by molar-refractivity contribution is 0.160. The Kier molecular flexibility index (Phi) is 5.97. The molecule has 0 aromatic carbocycles. The highest BCUT2D eigenvalue weighted by Crippen LogP contribution is 2.18. The second-order valence-corrected chi connectivity index (χ2v) is 5.18. The molecule has 0 saturated carbocycles. The minimum absolute atomic E-state index is 0.455. The van der Waals surface area contributed by atoms with Crippen LogP contribution in [0.2, 0.25) is 0 Å². The van der Waals surface area contributed by atoms with Gasteiger partial charge in [0.1, 0.15) is 0 Å². The first kappa shape index (κ1) is 13.3. The molecule has 4 heteroatoms. The average molecular weight is 231 g/mol. The SMILES string of the molecule is CCCC(CC1C(S)CNCN1C)NC. The third-order valence-electron chi connectivity index (χ3n) is 3.30. The van der Waals surface area contributed by atoms with Crippen LogP contribution in [0.5, 0.6) is 0 Å². The summed E-state index contributed by atoms with van der Waals surface area (Å²) in [6.07, 6.45) is 3.71. The quantitative estimate of drug-likeness (QED) is 0.614. The Morgan fingerprint density at radius 1 is 1.60 bits per heavy atom. The third-order valence-corrected chi connectivity index (χ3v) is 3.82. The minimum Gasteiger partial charge on any atom is -0.317 e. The molecule has 3 atom stereocenters. The van der Waals surface area contributed by atoms with Crippen molar-refractivity contribution in [2.45, 2.75) is 43.5 Å². The standard InChI is InChI=1S/C11H25N3S/c1-4-5-9(12-2)6-10-11(15)7-13-8-14(10)3/h9-13,15H,4-8H2,1-3H3. The molecule has 15 heavy (non-hydrogen) atoms. The van der Waals surface area contributed by atoms with E-state index in [1.807, 2.05) is 0 Å². The fourth-order valence-corrected chi connectivity index (χ4v) is 2.77. The zero-order chi connectivity index (χ0) is 11.3. The van der Waals surface area contributed by atoms with Crippen LogP contribution in [0.25, 0.3) is 0 Å². The van der Waals surface area contributed by atoms with Gasteiger partial charge in [0.05, 0.1) is 0 Å². The number of nitrogens with one attached hydrogen (secondary N) is 2. The lowest BCUT2D eigenvalue weighted by Gasteiger charge is -2.39. The average Bonchev–Trinajstić information content (AvgIpc) is 2.22. The van der Waals surface area contributed by atoms with Crippen molar-refractivity contribution < 1.29 is 0 Å². The molecule has 1 fully saturated rings. The zero-order valence-electron chi connectivity index (χ0n) is 10.2. The van der Waals surface area contributed by atoms with Crippen LogP contribution in [-0.2, 0) is 0 Å². The van der Waals surface area contributed by atoms with E-state index in [-0.39, 0.29) is 0 Å². The molecule has 0 radical (unpaired) electrons. The van der Waals surface area contributed by atoms with Gasteiger partial charge in [-0.1, -0.05) is 13.3 Å². The molecule has 0 amide bonds. The molecule has 0 aromatic rings. The normalized spacial score (nSPS) is 30.4. The fourth-order valence-electron chi connectivity index (χ4n) is 2.29. The predicted octanol–water partition coefficient (Wildman–Crippen LogP) is 0.924. The summed E-state index contributed by atoms with van der Waals surface area (Å²) in [5.74, 6) is 0. The van der Waals surface area contributed by atoms with Crippen LogP contribution in [0, 0.1) is 0 Å². The molecule has 1 saturated heterocycles. The van der Waals surface area contributed by atoms with Crippen molar-refractivity contribution in [1.82, 2.24) is 15.5 Å². The Morgan fingerprint density at radius 2 is 2.33 bits per heavy atom. The van der Waals surface area contributed by atoms with Gasteiger partial charge < -0.3 is 10.6 Å². The van der Waals surface area contributed by atoms with Gasteiger partial charge in [-0.05, 0) is 26.9 Å². The van der Waals surface area contributed by atoms with E-state index in [2.05, 4.69) is 49.2 Å². The summed E-state index contributed by atoms with van der Waals surface area (Å²) < 4.78 is 0. The fraction of sp³-hybridized carbons (Fsp3) is 1.00. The van der Waals surface area contributed by atoms with Crippen LogP contribution in [0.15, 0.2) is 0 Å². The molecule has 2 N–H and O–H groups in total. The predicted molar refractivity (Wildman–Crippen MR) is 69.6 cm³/mol. The van der Waals surface area contributed by atoms with Crippen molar-refractivity contribution in [1.29, 1.82) is 0 Å². The smallest absolute Gasteiger partial charge is 0.0481 e. The van der Waals surface area contributed by atoms with Crippen molar-refractivity contribution in [2.75, 3.05) is 27.3 Å². The van der Waals surface area contributed by atoms with E-state index >= 15 is 0 Å². The van der Waals surface area contributed by atoms with Gasteiger partial charge >= 0.3 is 0 Å². The molecule has 0 aromatic heterocycles. The molecular formula is C11H25N3S.